The van der Waals surface area contributed by atoms with Gasteiger partial charge in [-0.2, -0.15) is 0 Å². The van der Waals surface area contributed by atoms with E-state index in [1.165, 1.54) is 0 Å². The van der Waals surface area contributed by atoms with E-state index < -0.39 is 11.6 Å². The van der Waals surface area contributed by atoms with Gasteiger partial charge in [0.25, 0.3) is 0 Å². The maximum atomic E-state index is 14.1. The number of rotatable bonds is 4. The van der Waals surface area contributed by atoms with Gasteiger partial charge in [-0.05, 0) is 43.1 Å². The minimum absolute atomic E-state index is 0.336. The first-order valence-corrected chi connectivity index (χ1v) is 6.79. The molecule has 20 heavy (non-hydrogen) atoms. The molecule has 0 aliphatic heterocycles. The zero-order valence-electron chi connectivity index (χ0n) is 12.0. The number of aryl methyl sites for hydroxylation is 2. The fourth-order valence-electron chi connectivity index (χ4n) is 2.60. The second kappa shape index (κ2) is 6.14. The third-order valence-electron chi connectivity index (χ3n) is 3.53. The SMILES string of the molecule is CCNC(c1cccc(F)c1F)c1c(C)cccc1C. The van der Waals surface area contributed by atoms with Gasteiger partial charge in [0.05, 0.1) is 6.04 Å². The van der Waals surface area contributed by atoms with Gasteiger partial charge >= 0.3 is 0 Å². The van der Waals surface area contributed by atoms with Crippen LogP contribution in [0.4, 0.5) is 8.78 Å². The molecule has 1 atom stereocenters. The third-order valence-corrected chi connectivity index (χ3v) is 3.53. The maximum absolute atomic E-state index is 14.1. The van der Waals surface area contributed by atoms with Crippen molar-refractivity contribution in [3.63, 3.8) is 0 Å². The predicted molar refractivity (Wildman–Crippen MR) is 77.8 cm³/mol. The number of halogens is 2. The smallest absolute Gasteiger partial charge is 0.163 e. The van der Waals surface area contributed by atoms with Gasteiger partial charge < -0.3 is 5.32 Å². The molecule has 2 aromatic rings. The summed E-state index contributed by atoms with van der Waals surface area (Å²) in [5.74, 6) is -1.59. The fraction of sp³-hybridized carbons (Fsp3) is 0.294. The van der Waals surface area contributed by atoms with Crippen molar-refractivity contribution in [3.8, 4) is 0 Å². The summed E-state index contributed by atoms with van der Waals surface area (Å²) in [5.41, 5.74) is 3.50. The average Bonchev–Trinajstić information content (AvgIpc) is 2.41. The number of hydrogen-bond acceptors (Lipinski definition) is 1. The maximum Gasteiger partial charge on any atom is 0.163 e. The molecular weight excluding hydrogens is 256 g/mol. The lowest BCUT2D eigenvalue weighted by atomic mass is 9.91. The number of benzene rings is 2. The largest absolute Gasteiger partial charge is 0.306 e. The van der Waals surface area contributed by atoms with Crippen molar-refractivity contribution < 1.29 is 8.78 Å². The van der Waals surface area contributed by atoms with Crippen LogP contribution in [0.15, 0.2) is 36.4 Å². The first-order chi connectivity index (χ1) is 9.56. The van der Waals surface area contributed by atoms with Crippen molar-refractivity contribution in [1.29, 1.82) is 0 Å². The second-order valence-electron chi connectivity index (χ2n) is 4.94. The molecule has 106 valence electrons. The minimum Gasteiger partial charge on any atom is -0.306 e. The molecule has 0 bridgehead atoms. The van der Waals surface area contributed by atoms with Crippen LogP contribution < -0.4 is 5.32 Å². The van der Waals surface area contributed by atoms with E-state index in [4.69, 9.17) is 0 Å². The lowest BCUT2D eigenvalue weighted by Crippen LogP contribution is -2.25. The molecule has 0 saturated heterocycles. The molecule has 0 fully saturated rings. The van der Waals surface area contributed by atoms with Crippen molar-refractivity contribution in [1.82, 2.24) is 5.32 Å². The van der Waals surface area contributed by atoms with Crippen LogP contribution in [0.25, 0.3) is 0 Å². The van der Waals surface area contributed by atoms with Gasteiger partial charge in [0.15, 0.2) is 11.6 Å². The molecule has 0 amide bonds. The summed E-state index contributed by atoms with van der Waals surface area (Å²) in [6.07, 6.45) is 0. The zero-order chi connectivity index (χ0) is 14.7. The lowest BCUT2D eigenvalue weighted by Gasteiger charge is -2.23. The van der Waals surface area contributed by atoms with Crippen molar-refractivity contribution in [3.05, 3.63) is 70.3 Å². The normalized spacial score (nSPS) is 12.4. The molecule has 0 aliphatic rings. The van der Waals surface area contributed by atoms with Gasteiger partial charge in [-0.3, -0.25) is 0 Å². The first-order valence-electron chi connectivity index (χ1n) is 6.79. The topological polar surface area (TPSA) is 12.0 Å². The van der Waals surface area contributed by atoms with Crippen LogP contribution in [-0.4, -0.2) is 6.54 Å². The number of hydrogen-bond donors (Lipinski definition) is 1. The summed E-state index contributed by atoms with van der Waals surface area (Å²) in [6.45, 7) is 6.61. The summed E-state index contributed by atoms with van der Waals surface area (Å²) in [6, 6.07) is 9.94. The third kappa shape index (κ3) is 2.73. The first kappa shape index (κ1) is 14.7. The average molecular weight is 275 g/mol. The summed E-state index contributed by atoms with van der Waals surface area (Å²) in [7, 11) is 0. The summed E-state index contributed by atoms with van der Waals surface area (Å²) in [5, 5.41) is 3.26. The van der Waals surface area contributed by atoms with Gasteiger partial charge in [0.2, 0.25) is 0 Å². The lowest BCUT2D eigenvalue weighted by molar-refractivity contribution is 0.482. The van der Waals surface area contributed by atoms with E-state index in [1.807, 2.05) is 39.0 Å². The van der Waals surface area contributed by atoms with Crippen LogP contribution in [0.2, 0.25) is 0 Å². The molecule has 0 spiro atoms. The van der Waals surface area contributed by atoms with E-state index in [0.29, 0.717) is 12.1 Å². The van der Waals surface area contributed by atoms with Crippen molar-refractivity contribution in [2.45, 2.75) is 26.8 Å². The Morgan fingerprint density at radius 3 is 2.20 bits per heavy atom. The second-order valence-corrected chi connectivity index (χ2v) is 4.94. The molecule has 3 heteroatoms. The zero-order valence-corrected chi connectivity index (χ0v) is 12.0. The van der Waals surface area contributed by atoms with Gasteiger partial charge in [-0.25, -0.2) is 8.78 Å². The molecule has 1 N–H and O–H groups in total. The van der Waals surface area contributed by atoms with Crippen LogP contribution in [-0.2, 0) is 0 Å². The minimum atomic E-state index is -0.809. The molecule has 1 nitrogen and oxygen atoms in total. The predicted octanol–water partition coefficient (Wildman–Crippen LogP) is 4.28. The highest BCUT2D eigenvalue weighted by atomic mass is 19.2. The van der Waals surface area contributed by atoms with Crippen LogP contribution >= 0.6 is 0 Å². The molecule has 0 aromatic heterocycles. The van der Waals surface area contributed by atoms with Gasteiger partial charge in [0.1, 0.15) is 0 Å². The Morgan fingerprint density at radius 1 is 1.00 bits per heavy atom. The van der Waals surface area contributed by atoms with E-state index >= 15 is 0 Å². The van der Waals surface area contributed by atoms with E-state index in [2.05, 4.69) is 5.32 Å². The monoisotopic (exact) mass is 275 g/mol. The quantitative estimate of drug-likeness (QED) is 0.878. The summed E-state index contributed by atoms with van der Waals surface area (Å²) in [4.78, 5) is 0. The Kier molecular flexibility index (Phi) is 4.50. The van der Waals surface area contributed by atoms with E-state index in [9.17, 15) is 8.78 Å². The standard InChI is InChI=1S/C17H19F2N/c1-4-20-17(13-9-6-10-14(18)16(13)19)15-11(2)7-5-8-12(15)3/h5-10,17,20H,4H2,1-3H3. The van der Waals surface area contributed by atoms with Gasteiger partial charge in [0, 0.05) is 5.56 Å². The fourth-order valence-corrected chi connectivity index (χ4v) is 2.60. The summed E-state index contributed by atoms with van der Waals surface area (Å²) >= 11 is 0. The summed E-state index contributed by atoms with van der Waals surface area (Å²) < 4.78 is 27.6. The van der Waals surface area contributed by atoms with Crippen LogP contribution in [0, 0.1) is 25.5 Å². The Labute approximate surface area is 118 Å². The molecule has 0 aliphatic carbocycles. The van der Waals surface area contributed by atoms with E-state index in [0.717, 1.165) is 22.8 Å². The molecule has 2 rings (SSSR count). The molecule has 0 heterocycles. The van der Waals surface area contributed by atoms with Crippen molar-refractivity contribution in [2.24, 2.45) is 0 Å². The van der Waals surface area contributed by atoms with Gasteiger partial charge in [-0.15, -0.1) is 0 Å². The highest BCUT2D eigenvalue weighted by Gasteiger charge is 2.21. The van der Waals surface area contributed by atoms with Gasteiger partial charge in [-0.1, -0.05) is 37.3 Å². The van der Waals surface area contributed by atoms with Crippen molar-refractivity contribution >= 4 is 0 Å². The number of nitrogens with one attached hydrogen (secondary N) is 1. The Morgan fingerprint density at radius 2 is 1.60 bits per heavy atom. The molecule has 2 aromatic carbocycles. The Balaban J connectivity index is 2.60. The molecular formula is C17H19F2N. The molecule has 0 saturated carbocycles. The molecule has 1 unspecified atom stereocenters. The highest BCUT2D eigenvalue weighted by molar-refractivity contribution is 5.42. The van der Waals surface area contributed by atoms with E-state index in [1.54, 1.807) is 12.1 Å². The molecule has 0 radical (unpaired) electrons. The highest BCUT2D eigenvalue weighted by Crippen LogP contribution is 2.30. The Hall–Kier alpha value is -1.74. The van der Waals surface area contributed by atoms with Crippen LogP contribution in [0.1, 0.15) is 35.2 Å². The van der Waals surface area contributed by atoms with Crippen molar-refractivity contribution in [2.75, 3.05) is 6.54 Å². The van der Waals surface area contributed by atoms with Crippen LogP contribution in [0.3, 0.4) is 0 Å². The Bertz CT molecular complexity index is 588. The van der Waals surface area contributed by atoms with E-state index in [-0.39, 0.29) is 6.04 Å². The van der Waals surface area contributed by atoms with Crippen LogP contribution in [0.5, 0.6) is 0 Å².